The summed E-state index contributed by atoms with van der Waals surface area (Å²) in [6.07, 6.45) is 6.88. The molecule has 3 nitrogen and oxygen atoms in total. The second kappa shape index (κ2) is 5.47. The Balaban J connectivity index is 1.64. The number of carbonyl (C=O) groups is 1. The van der Waals surface area contributed by atoms with Crippen LogP contribution in [0.15, 0.2) is 24.3 Å². The molecule has 1 aromatic carbocycles. The molecule has 2 aliphatic rings. The molecule has 3 rings (SSSR count). The van der Waals surface area contributed by atoms with Crippen molar-refractivity contribution in [2.75, 3.05) is 11.9 Å². The Hall–Kier alpha value is -1.51. The van der Waals surface area contributed by atoms with Crippen LogP contribution >= 0.6 is 0 Å². The van der Waals surface area contributed by atoms with Crippen LogP contribution in [0.25, 0.3) is 0 Å². The normalized spacial score (nSPS) is 24.4. The number of amides is 1. The Morgan fingerprint density at radius 2 is 2.00 bits per heavy atom. The molecule has 1 heterocycles. The van der Waals surface area contributed by atoms with Crippen molar-refractivity contribution < 1.29 is 4.79 Å². The van der Waals surface area contributed by atoms with Crippen LogP contribution in [0.2, 0.25) is 0 Å². The van der Waals surface area contributed by atoms with Crippen molar-refractivity contribution in [1.82, 2.24) is 5.32 Å². The van der Waals surface area contributed by atoms with E-state index in [0.29, 0.717) is 0 Å². The molecule has 1 unspecified atom stereocenters. The third-order valence-electron chi connectivity index (χ3n) is 4.78. The first-order valence-electron chi connectivity index (χ1n) is 7.80. The van der Waals surface area contributed by atoms with Gasteiger partial charge in [0.2, 0.25) is 5.91 Å². The lowest BCUT2D eigenvalue weighted by atomic mass is 9.82. The van der Waals surface area contributed by atoms with E-state index < -0.39 is 0 Å². The highest BCUT2D eigenvalue weighted by molar-refractivity contribution is 5.81. The molecule has 0 spiro atoms. The van der Waals surface area contributed by atoms with Crippen LogP contribution in [0, 0.1) is 5.92 Å². The maximum absolute atomic E-state index is 12.5. The van der Waals surface area contributed by atoms with E-state index in [9.17, 15) is 4.79 Å². The largest absolute Gasteiger partial charge is 0.384 e. The fourth-order valence-electron chi connectivity index (χ4n) is 3.48. The van der Waals surface area contributed by atoms with Gasteiger partial charge in [0, 0.05) is 17.8 Å². The van der Waals surface area contributed by atoms with E-state index in [1.165, 1.54) is 30.5 Å². The van der Waals surface area contributed by atoms with Gasteiger partial charge in [0.05, 0.1) is 5.92 Å². The molecule has 1 aliphatic carbocycles. The van der Waals surface area contributed by atoms with Gasteiger partial charge in [0.15, 0.2) is 0 Å². The Kier molecular flexibility index (Phi) is 3.68. The molecule has 3 heteroatoms. The first-order valence-corrected chi connectivity index (χ1v) is 7.80. The summed E-state index contributed by atoms with van der Waals surface area (Å²) < 4.78 is 0. The number of hydrogen-bond acceptors (Lipinski definition) is 2. The highest BCUT2D eigenvalue weighted by Gasteiger charge is 2.32. The summed E-state index contributed by atoms with van der Waals surface area (Å²) in [5.74, 6) is 0.278. The van der Waals surface area contributed by atoms with Crippen molar-refractivity contribution in [2.24, 2.45) is 5.92 Å². The molecule has 108 valence electrons. The second-order valence-corrected chi connectivity index (χ2v) is 6.55. The van der Waals surface area contributed by atoms with Crippen LogP contribution < -0.4 is 10.6 Å². The third kappa shape index (κ3) is 2.82. The van der Waals surface area contributed by atoms with Crippen molar-refractivity contribution in [3.63, 3.8) is 0 Å². The highest BCUT2D eigenvalue weighted by Crippen LogP contribution is 2.29. The van der Waals surface area contributed by atoms with Crippen LogP contribution in [-0.4, -0.2) is 18.0 Å². The first-order chi connectivity index (χ1) is 9.66. The molecule has 1 amide bonds. The predicted octanol–water partition coefficient (Wildman–Crippen LogP) is 3.11. The number of rotatable bonds is 2. The smallest absolute Gasteiger partial charge is 0.225 e. The maximum atomic E-state index is 12.5. The van der Waals surface area contributed by atoms with Crippen molar-refractivity contribution in [1.29, 1.82) is 0 Å². The van der Waals surface area contributed by atoms with E-state index >= 15 is 0 Å². The molecule has 0 aromatic heterocycles. The fourth-order valence-corrected chi connectivity index (χ4v) is 3.48. The van der Waals surface area contributed by atoms with Gasteiger partial charge in [-0.25, -0.2) is 0 Å². The summed E-state index contributed by atoms with van der Waals surface area (Å²) in [4.78, 5) is 12.5. The summed E-state index contributed by atoms with van der Waals surface area (Å²) in [7, 11) is 0. The summed E-state index contributed by atoms with van der Waals surface area (Å²) in [5.41, 5.74) is 2.46. The van der Waals surface area contributed by atoms with Gasteiger partial charge in [-0.05, 0) is 37.8 Å². The zero-order valence-electron chi connectivity index (χ0n) is 12.2. The Bertz CT molecular complexity index is 492. The molecular weight excluding hydrogens is 248 g/mol. The lowest BCUT2D eigenvalue weighted by molar-refractivity contribution is -0.126. The minimum absolute atomic E-state index is 0.0201. The summed E-state index contributed by atoms with van der Waals surface area (Å²) >= 11 is 0. The molecule has 1 aliphatic heterocycles. The topological polar surface area (TPSA) is 41.1 Å². The van der Waals surface area contributed by atoms with Crippen molar-refractivity contribution in [2.45, 2.75) is 51.0 Å². The molecule has 20 heavy (non-hydrogen) atoms. The number of para-hydroxylation sites is 1. The number of nitrogens with one attached hydrogen (secondary N) is 2. The molecule has 1 saturated carbocycles. The van der Waals surface area contributed by atoms with E-state index in [2.05, 4.69) is 29.7 Å². The van der Waals surface area contributed by atoms with Gasteiger partial charge in [-0.2, -0.15) is 0 Å². The number of fused-ring (bicyclic) bond motifs is 1. The molecule has 1 aromatic rings. The van der Waals surface area contributed by atoms with Gasteiger partial charge in [0.1, 0.15) is 0 Å². The molecular formula is C17H24N2O. The van der Waals surface area contributed by atoms with Gasteiger partial charge < -0.3 is 10.6 Å². The summed E-state index contributed by atoms with van der Waals surface area (Å²) in [6.45, 7) is 2.95. The van der Waals surface area contributed by atoms with Gasteiger partial charge in [-0.1, -0.05) is 37.5 Å². The first kappa shape index (κ1) is 13.5. The standard InChI is InChI=1S/C17H24N2O/c1-17(9-5-2-6-10-17)19-16(20)14-11-13-7-3-4-8-15(13)18-12-14/h3-4,7-8,14,18H,2,5-6,9-12H2,1H3,(H,19,20). The number of hydrogen-bond donors (Lipinski definition) is 2. The minimum atomic E-state index is 0.0201. The van der Waals surface area contributed by atoms with Crippen LogP contribution in [0.1, 0.15) is 44.6 Å². The summed E-state index contributed by atoms with van der Waals surface area (Å²) in [5, 5.41) is 6.70. The van der Waals surface area contributed by atoms with Crippen LogP contribution in [-0.2, 0) is 11.2 Å². The van der Waals surface area contributed by atoms with E-state index in [-0.39, 0.29) is 17.4 Å². The predicted molar refractivity (Wildman–Crippen MR) is 81.8 cm³/mol. The van der Waals surface area contributed by atoms with Gasteiger partial charge in [0.25, 0.3) is 0 Å². The van der Waals surface area contributed by atoms with Crippen molar-refractivity contribution in [3.05, 3.63) is 29.8 Å². The SMILES string of the molecule is CC1(NC(=O)C2CNc3ccccc3C2)CCCCC1. The average molecular weight is 272 g/mol. The minimum Gasteiger partial charge on any atom is -0.384 e. The molecule has 1 atom stereocenters. The van der Waals surface area contributed by atoms with Crippen LogP contribution in [0.5, 0.6) is 0 Å². The maximum Gasteiger partial charge on any atom is 0.225 e. The zero-order chi connectivity index (χ0) is 14.0. The highest BCUT2D eigenvalue weighted by atomic mass is 16.2. The molecule has 0 bridgehead atoms. The van der Waals surface area contributed by atoms with E-state index in [1.807, 2.05) is 12.1 Å². The Labute approximate surface area is 121 Å². The number of benzene rings is 1. The molecule has 1 fully saturated rings. The second-order valence-electron chi connectivity index (χ2n) is 6.55. The fraction of sp³-hybridized carbons (Fsp3) is 0.588. The number of carbonyl (C=O) groups excluding carboxylic acids is 1. The third-order valence-corrected chi connectivity index (χ3v) is 4.78. The quantitative estimate of drug-likeness (QED) is 0.868. The van der Waals surface area contributed by atoms with Gasteiger partial charge >= 0.3 is 0 Å². The van der Waals surface area contributed by atoms with Crippen LogP contribution in [0.3, 0.4) is 0 Å². The molecule has 0 radical (unpaired) electrons. The van der Waals surface area contributed by atoms with Gasteiger partial charge in [-0.3, -0.25) is 4.79 Å². The van der Waals surface area contributed by atoms with Crippen LogP contribution in [0.4, 0.5) is 5.69 Å². The van der Waals surface area contributed by atoms with E-state index in [4.69, 9.17) is 0 Å². The Morgan fingerprint density at radius 3 is 2.80 bits per heavy atom. The zero-order valence-corrected chi connectivity index (χ0v) is 12.2. The van der Waals surface area contributed by atoms with Crippen molar-refractivity contribution >= 4 is 11.6 Å². The lowest BCUT2D eigenvalue weighted by Gasteiger charge is -2.36. The van der Waals surface area contributed by atoms with Gasteiger partial charge in [-0.15, -0.1) is 0 Å². The summed E-state index contributed by atoms with van der Waals surface area (Å²) in [6, 6.07) is 8.29. The Morgan fingerprint density at radius 1 is 1.25 bits per heavy atom. The van der Waals surface area contributed by atoms with Crippen molar-refractivity contribution in [3.8, 4) is 0 Å². The van der Waals surface area contributed by atoms with E-state index in [1.54, 1.807) is 0 Å². The molecule has 2 N–H and O–H groups in total. The van der Waals surface area contributed by atoms with E-state index in [0.717, 1.165) is 25.8 Å². The average Bonchev–Trinajstić information content (AvgIpc) is 2.47. The molecule has 0 saturated heterocycles. The lowest BCUT2D eigenvalue weighted by Crippen LogP contribution is -2.51. The number of anilines is 1. The monoisotopic (exact) mass is 272 g/mol.